The first-order chi connectivity index (χ1) is 8.18. The number of aliphatic carboxylic acids is 1. The number of piperidine rings is 1. The lowest BCUT2D eigenvalue weighted by Crippen LogP contribution is -2.51. The van der Waals surface area contributed by atoms with Crippen LogP contribution in [-0.4, -0.2) is 60.8 Å². The van der Waals surface area contributed by atoms with Gasteiger partial charge in [-0.25, -0.2) is 4.79 Å². The molecule has 0 aromatic carbocycles. The highest BCUT2D eigenvalue weighted by Gasteiger charge is 2.32. The van der Waals surface area contributed by atoms with E-state index in [0.29, 0.717) is 13.2 Å². The Morgan fingerprint density at radius 1 is 1.29 bits per heavy atom. The van der Waals surface area contributed by atoms with Crippen LogP contribution in [0.1, 0.15) is 12.8 Å². The van der Waals surface area contributed by atoms with Crippen molar-refractivity contribution in [2.24, 2.45) is 5.92 Å². The predicted octanol–water partition coefficient (Wildman–Crippen LogP) is -0.702. The number of carbonyl (C=O) groups is 2. The smallest absolute Gasteiger partial charge is 0.334 e. The van der Waals surface area contributed by atoms with Crippen LogP contribution in [0.4, 0.5) is 0 Å². The monoisotopic (exact) mass is 242 g/mol. The molecule has 1 atom stereocenters. The quantitative estimate of drug-likeness (QED) is 0.669. The molecule has 0 saturated carbocycles. The van der Waals surface area contributed by atoms with E-state index in [1.165, 1.54) is 0 Å². The van der Waals surface area contributed by atoms with Crippen molar-refractivity contribution in [3.63, 3.8) is 0 Å². The Hall–Kier alpha value is -1.14. The summed E-state index contributed by atoms with van der Waals surface area (Å²) in [4.78, 5) is 24.6. The molecule has 96 valence electrons. The summed E-state index contributed by atoms with van der Waals surface area (Å²) in [6.07, 6.45) is 0.816. The van der Waals surface area contributed by atoms with Crippen molar-refractivity contribution >= 4 is 11.9 Å². The number of nitrogens with one attached hydrogen (secondary N) is 1. The fourth-order valence-corrected chi connectivity index (χ4v) is 2.33. The van der Waals surface area contributed by atoms with Crippen LogP contribution in [0.5, 0.6) is 0 Å². The van der Waals surface area contributed by atoms with Gasteiger partial charge in [0.2, 0.25) is 5.91 Å². The van der Waals surface area contributed by atoms with E-state index >= 15 is 0 Å². The van der Waals surface area contributed by atoms with Crippen LogP contribution < -0.4 is 5.32 Å². The lowest BCUT2D eigenvalue weighted by Gasteiger charge is -2.34. The first kappa shape index (κ1) is 12.3. The Labute approximate surface area is 99.9 Å². The first-order valence-corrected chi connectivity index (χ1v) is 6.02. The molecule has 6 heteroatoms. The highest BCUT2D eigenvalue weighted by Crippen LogP contribution is 2.17. The summed E-state index contributed by atoms with van der Waals surface area (Å²) in [5.74, 6) is -0.863. The molecule has 2 saturated heterocycles. The SMILES string of the molecule is O=C(O)C1CN(C(=O)C2CCNCC2)CCO1. The standard InChI is InChI=1S/C11H18N2O4/c14-10(8-1-3-12-4-2-8)13-5-6-17-9(7-13)11(15)16/h8-9,12H,1-7H2,(H,15,16). The molecule has 0 radical (unpaired) electrons. The second kappa shape index (κ2) is 5.46. The molecule has 0 aromatic heterocycles. The van der Waals surface area contributed by atoms with Crippen molar-refractivity contribution in [3.05, 3.63) is 0 Å². The molecular weight excluding hydrogens is 224 g/mol. The lowest BCUT2D eigenvalue weighted by molar-refractivity contribution is -0.160. The largest absolute Gasteiger partial charge is 0.479 e. The normalized spacial score (nSPS) is 26.8. The van der Waals surface area contributed by atoms with Crippen molar-refractivity contribution in [2.45, 2.75) is 18.9 Å². The summed E-state index contributed by atoms with van der Waals surface area (Å²) >= 11 is 0. The summed E-state index contributed by atoms with van der Waals surface area (Å²) in [6, 6.07) is 0. The van der Waals surface area contributed by atoms with Gasteiger partial charge in [0, 0.05) is 12.5 Å². The molecule has 2 N–H and O–H groups in total. The molecule has 17 heavy (non-hydrogen) atoms. The molecule has 0 spiro atoms. The average Bonchev–Trinajstić information content (AvgIpc) is 2.39. The van der Waals surface area contributed by atoms with Gasteiger partial charge in [0.15, 0.2) is 6.10 Å². The summed E-state index contributed by atoms with van der Waals surface area (Å²) in [7, 11) is 0. The van der Waals surface area contributed by atoms with Crippen molar-refractivity contribution in [1.82, 2.24) is 10.2 Å². The topological polar surface area (TPSA) is 78.9 Å². The van der Waals surface area contributed by atoms with Crippen molar-refractivity contribution in [3.8, 4) is 0 Å². The number of morpholine rings is 1. The van der Waals surface area contributed by atoms with E-state index in [4.69, 9.17) is 9.84 Å². The van der Waals surface area contributed by atoms with Crippen molar-refractivity contribution < 1.29 is 19.4 Å². The van der Waals surface area contributed by atoms with Gasteiger partial charge in [-0.3, -0.25) is 4.79 Å². The van der Waals surface area contributed by atoms with Gasteiger partial charge in [-0.2, -0.15) is 0 Å². The van der Waals surface area contributed by atoms with Crippen LogP contribution in [0.3, 0.4) is 0 Å². The number of rotatable bonds is 2. The Bertz CT molecular complexity index is 302. The van der Waals surface area contributed by atoms with Crippen LogP contribution in [-0.2, 0) is 14.3 Å². The molecule has 2 aliphatic rings. The Morgan fingerprint density at radius 2 is 2.00 bits per heavy atom. The summed E-state index contributed by atoms with van der Waals surface area (Å²) < 4.78 is 5.10. The van der Waals surface area contributed by atoms with Gasteiger partial charge in [0.25, 0.3) is 0 Å². The Kier molecular flexibility index (Phi) is 3.96. The van der Waals surface area contributed by atoms with E-state index in [1.54, 1.807) is 4.90 Å². The summed E-state index contributed by atoms with van der Waals surface area (Å²) in [5.41, 5.74) is 0. The van der Waals surface area contributed by atoms with Crippen LogP contribution in [0.25, 0.3) is 0 Å². The van der Waals surface area contributed by atoms with Gasteiger partial charge in [0.1, 0.15) is 0 Å². The highest BCUT2D eigenvalue weighted by molar-refractivity contribution is 5.80. The number of carbonyl (C=O) groups excluding carboxylic acids is 1. The molecule has 2 rings (SSSR count). The Balaban J connectivity index is 1.91. The van der Waals surface area contributed by atoms with Gasteiger partial charge in [-0.05, 0) is 25.9 Å². The van der Waals surface area contributed by atoms with Crippen molar-refractivity contribution in [2.75, 3.05) is 32.8 Å². The third-order valence-corrected chi connectivity index (χ3v) is 3.34. The number of hydrogen-bond donors (Lipinski definition) is 2. The van der Waals surface area contributed by atoms with Crippen LogP contribution in [0.15, 0.2) is 0 Å². The van der Waals surface area contributed by atoms with E-state index in [-0.39, 0.29) is 18.4 Å². The molecule has 1 unspecified atom stereocenters. The number of carboxylic acids is 1. The van der Waals surface area contributed by atoms with Gasteiger partial charge >= 0.3 is 5.97 Å². The zero-order chi connectivity index (χ0) is 12.3. The third kappa shape index (κ3) is 2.95. The lowest BCUT2D eigenvalue weighted by atomic mass is 9.96. The molecular formula is C11H18N2O4. The highest BCUT2D eigenvalue weighted by atomic mass is 16.5. The van der Waals surface area contributed by atoms with Gasteiger partial charge in [-0.1, -0.05) is 0 Å². The maximum Gasteiger partial charge on any atom is 0.334 e. The zero-order valence-corrected chi connectivity index (χ0v) is 9.72. The molecule has 0 aliphatic carbocycles. The zero-order valence-electron chi connectivity index (χ0n) is 9.72. The van der Waals surface area contributed by atoms with E-state index in [9.17, 15) is 9.59 Å². The minimum atomic E-state index is -0.993. The van der Waals surface area contributed by atoms with E-state index in [2.05, 4.69) is 5.32 Å². The van der Waals surface area contributed by atoms with E-state index in [1.807, 2.05) is 0 Å². The number of carboxylic acid groups (broad SMARTS) is 1. The summed E-state index contributed by atoms with van der Waals surface area (Å²) in [5, 5.41) is 12.1. The molecule has 2 fully saturated rings. The van der Waals surface area contributed by atoms with Crippen LogP contribution in [0, 0.1) is 5.92 Å². The fraction of sp³-hybridized carbons (Fsp3) is 0.818. The second-order valence-electron chi connectivity index (χ2n) is 4.51. The minimum Gasteiger partial charge on any atom is -0.479 e. The van der Waals surface area contributed by atoms with Gasteiger partial charge in [0.05, 0.1) is 13.2 Å². The van der Waals surface area contributed by atoms with Crippen molar-refractivity contribution in [1.29, 1.82) is 0 Å². The molecule has 2 aliphatic heterocycles. The van der Waals surface area contributed by atoms with Crippen LogP contribution >= 0.6 is 0 Å². The Morgan fingerprint density at radius 3 is 2.65 bits per heavy atom. The first-order valence-electron chi connectivity index (χ1n) is 6.02. The molecule has 2 heterocycles. The third-order valence-electron chi connectivity index (χ3n) is 3.34. The van der Waals surface area contributed by atoms with Gasteiger partial charge < -0.3 is 20.1 Å². The second-order valence-corrected chi connectivity index (χ2v) is 4.51. The number of hydrogen-bond acceptors (Lipinski definition) is 4. The minimum absolute atomic E-state index is 0.0452. The number of ether oxygens (including phenoxy) is 1. The molecule has 6 nitrogen and oxygen atoms in total. The molecule has 0 aromatic rings. The number of nitrogens with zero attached hydrogens (tertiary/aromatic N) is 1. The molecule has 1 amide bonds. The maximum atomic E-state index is 12.2. The number of amides is 1. The average molecular weight is 242 g/mol. The van der Waals surface area contributed by atoms with E-state index < -0.39 is 12.1 Å². The van der Waals surface area contributed by atoms with Crippen LogP contribution in [0.2, 0.25) is 0 Å². The van der Waals surface area contributed by atoms with Gasteiger partial charge in [-0.15, -0.1) is 0 Å². The maximum absolute atomic E-state index is 12.2. The fourth-order valence-electron chi connectivity index (χ4n) is 2.33. The summed E-state index contributed by atoms with van der Waals surface area (Å²) in [6.45, 7) is 2.73. The van der Waals surface area contributed by atoms with E-state index in [0.717, 1.165) is 25.9 Å². The molecule has 0 bridgehead atoms. The predicted molar refractivity (Wildman–Crippen MR) is 59.5 cm³/mol.